The average Bonchev–Trinajstić information content (AvgIpc) is 2.89. The lowest BCUT2D eigenvalue weighted by molar-refractivity contribution is -0.143. The number of alkyl carbamates (subject to hydrolysis) is 1. The highest BCUT2D eigenvalue weighted by Crippen LogP contribution is 2.17. The van der Waals surface area contributed by atoms with Crippen molar-refractivity contribution in [2.24, 2.45) is 0 Å². The lowest BCUT2D eigenvalue weighted by Gasteiger charge is -2.22. The summed E-state index contributed by atoms with van der Waals surface area (Å²) in [7, 11) is 0.682. The Bertz CT molecular complexity index is 1470. The predicted octanol–water partition coefficient (Wildman–Crippen LogP) is 4.43. The number of nitrogens with one attached hydrogen (secondary N) is 1. The van der Waals surface area contributed by atoms with Crippen LogP contribution in [0.2, 0.25) is 0 Å². The van der Waals surface area contributed by atoms with Gasteiger partial charge in [0.1, 0.15) is 29.7 Å². The Balaban J connectivity index is 2.67. The van der Waals surface area contributed by atoms with Crippen LogP contribution in [0.15, 0.2) is 48.4 Å². The monoisotopic (exact) mass is 457 g/mol. The van der Waals surface area contributed by atoms with Crippen molar-refractivity contribution in [2.75, 3.05) is 7.11 Å². The van der Waals surface area contributed by atoms with Gasteiger partial charge in [-0.2, -0.15) is 0 Å². The van der Waals surface area contributed by atoms with Crippen molar-refractivity contribution < 1.29 is 49.4 Å². The standard InChI is InChI=1S/C24H28FNO6/c1-24(2,3)32-23(29)26-20(22(28)30-4)13-14-21(27)16-9-11-18(12-10-16)31-15-17-7-5-6-8-19(17)25/h5-12,20H,13-15H2,1-4H3,(H,26,29)/t20-/m0/s1/i8D,9D,10D,11D,12D,13D2,14D2,15D2,20D. The van der Waals surface area contributed by atoms with E-state index in [1.165, 1.54) is 20.8 Å². The summed E-state index contributed by atoms with van der Waals surface area (Å²) in [5.41, 5.74) is -3.45. The second-order valence-corrected chi connectivity index (χ2v) is 6.88. The summed E-state index contributed by atoms with van der Waals surface area (Å²) in [4.78, 5) is 38.4. The second-order valence-electron chi connectivity index (χ2n) is 6.88. The minimum absolute atomic E-state index is 0.682. The molecule has 0 aromatic heterocycles. The number of ketones is 1. The molecule has 0 aliphatic rings. The van der Waals surface area contributed by atoms with Crippen LogP contribution in [0.25, 0.3) is 0 Å². The minimum Gasteiger partial charge on any atom is -0.489 e. The lowest BCUT2D eigenvalue weighted by atomic mass is 10.0. The van der Waals surface area contributed by atoms with Gasteiger partial charge in [-0.05, 0) is 57.4 Å². The molecule has 2 rings (SSSR count). The molecule has 8 heteroatoms. The molecule has 0 fully saturated rings. The molecule has 0 radical (unpaired) electrons. The third kappa shape index (κ3) is 8.02. The Labute approximate surface area is 203 Å². The molecule has 0 saturated heterocycles. The topological polar surface area (TPSA) is 90.9 Å². The van der Waals surface area contributed by atoms with E-state index in [0.29, 0.717) is 7.11 Å². The Hall–Kier alpha value is -3.42. The van der Waals surface area contributed by atoms with Crippen LogP contribution in [0.5, 0.6) is 5.75 Å². The first-order valence-electron chi connectivity index (χ1n) is 15.0. The zero-order valence-corrected chi connectivity index (χ0v) is 17.6. The molecule has 2 aromatic rings. The summed E-state index contributed by atoms with van der Waals surface area (Å²) in [6.45, 7) is 0.982. The number of benzene rings is 2. The number of amides is 1. The van der Waals surface area contributed by atoms with E-state index < -0.39 is 102 Å². The van der Waals surface area contributed by atoms with Gasteiger partial charge in [0.2, 0.25) is 0 Å². The third-order valence-corrected chi connectivity index (χ3v) is 3.21. The third-order valence-electron chi connectivity index (χ3n) is 3.21. The number of methoxy groups -OCH3 is 1. The molecular formula is C24H28FNO6. The Morgan fingerprint density at radius 2 is 1.88 bits per heavy atom. The molecule has 32 heavy (non-hydrogen) atoms. The lowest BCUT2D eigenvalue weighted by Crippen LogP contribution is -2.44. The number of ether oxygens (including phenoxy) is 3. The van der Waals surface area contributed by atoms with Gasteiger partial charge < -0.3 is 19.5 Å². The molecule has 1 N–H and O–H groups in total. The van der Waals surface area contributed by atoms with E-state index in [-0.39, 0.29) is 0 Å². The Morgan fingerprint density at radius 3 is 2.50 bits per heavy atom. The summed E-state index contributed by atoms with van der Waals surface area (Å²) >= 11 is 0. The van der Waals surface area contributed by atoms with Crippen LogP contribution in [0.3, 0.4) is 0 Å². The molecule has 1 atom stereocenters. The van der Waals surface area contributed by atoms with Gasteiger partial charge in [0, 0.05) is 23.0 Å². The van der Waals surface area contributed by atoms with E-state index in [1.807, 2.05) is 0 Å². The van der Waals surface area contributed by atoms with Crippen molar-refractivity contribution in [2.45, 2.75) is 51.7 Å². The zero-order chi connectivity index (χ0) is 34.4. The quantitative estimate of drug-likeness (QED) is 0.442. The maximum atomic E-state index is 14.4. The second kappa shape index (κ2) is 11.3. The van der Waals surface area contributed by atoms with Crippen molar-refractivity contribution in [1.29, 1.82) is 0 Å². The van der Waals surface area contributed by atoms with Gasteiger partial charge in [-0.3, -0.25) is 4.79 Å². The van der Waals surface area contributed by atoms with Crippen LogP contribution in [-0.4, -0.2) is 36.6 Å². The van der Waals surface area contributed by atoms with Gasteiger partial charge in [0.05, 0.1) is 18.1 Å². The van der Waals surface area contributed by atoms with Crippen molar-refractivity contribution >= 4 is 17.8 Å². The number of hydrogen-bond donors (Lipinski definition) is 1. The highest BCUT2D eigenvalue weighted by atomic mass is 19.1. The number of hydrogen-bond acceptors (Lipinski definition) is 6. The summed E-state index contributed by atoms with van der Waals surface area (Å²) in [5, 5.41) is 1.55. The fourth-order valence-electron chi connectivity index (χ4n) is 1.89. The van der Waals surface area contributed by atoms with Crippen LogP contribution in [-0.2, 0) is 20.8 Å². The highest BCUT2D eigenvalue weighted by Gasteiger charge is 2.25. The predicted molar refractivity (Wildman–Crippen MR) is 116 cm³/mol. The first-order valence-corrected chi connectivity index (χ1v) is 8.97. The number of esters is 1. The Morgan fingerprint density at radius 1 is 1.19 bits per heavy atom. The summed E-state index contributed by atoms with van der Waals surface area (Å²) in [6.07, 6.45) is -9.68. The molecule has 1 amide bonds. The number of carbonyl (C=O) groups is 3. The van der Waals surface area contributed by atoms with Gasteiger partial charge in [-0.25, -0.2) is 14.0 Å². The van der Waals surface area contributed by atoms with Crippen LogP contribution in [0.4, 0.5) is 9.18 Å². The van der Waals surface area contributed by atoms with E-state index >= 15 is 0 Å². The molecular weight excluding hydrogens is 417 g/mol. The molecule has 0 bridgehead atoms. The summed E-state index contributed by atoms with van der Waals surface area (Å²) in [6, 6.07) is -6.60. The fourth-order valence-corrected chi connectivity index (χ4v) is 1.89. The van der Waals surface area contributed by atoms with Crippen LogP contribution in [0.1, 0.15) is 65.9 Å². The first kappa shape index (κ1) is 12.6. The zero-order valence-electron chi connectivity index (χ0n) is 29.6. The average molecular weight is 458 g/mol. The maximum absolute atomic E-state index is 14.4. The van der Waals surface area contributed by atoms with Gasteiger partial charge in [0.15, 0.2) is 5.78 Å². The molecule has 0 heterocycles. The van der Waals surface area contributed by atoms with Gasteiger partial charge in [-0.15, -0.1) is 0 Å². The van der Waals surface area contributed by atoms with E-state index in [9.17, 15) is 18.8 Å². The molecule has 0 aliphatic carbocycles. The van der Waals surface area contributed by atoms with Crippen LogP contribution < -0.4 is 10.1 Å². The SMILES string of the molecule is [2H]c1cccc(C([2H])([2H])Oc2c([2H])c([2H])c(C(=O)C([2H])([2H])C([2H])([2H])[C@]([2H])(NC(=O)OC(C)(C)C)C(=O)OC)c([2H])c2[2H])c1F. The smallest absolute Gasteiger partial charge is 0.408 e. The minimum atomic E-state index is -4.06. The van der Waals surface area contributed by atoms with Crippen LogP contribution in [0, 0.1) is 5.82 Å². The molecule has 0 spiro atoms. The largest absolute Gasteiger partial charge is 0.489 e. The van der Waals surface area contributed by atoms with Crippen molar-refractivity contribution in [3.05, 3.63) is 65.4 Å². The van der Waals surface area contributed by atoms with E-state index in [0.717, 1.165) is 18.2 Å². The van der Waals surface area contributed by atoms with Gasteiger partial charge >= 0.3 is 12.1 Å². The first-order chi connectivity index (χ1) is 19.8. The molecule has 0 saturated carbocycles. The molecule has 172 valence electrons. The summed E-state index contributed by atoms with van der Waals surface area (Å²) in [5.74, 6) is -6.47. The molecule has 7 nitrogen and oxygen atoms in total. The summed E-state index contributed by atoms with van der Waals surface area (Å²) < 4.78 is 127. The van der Waals surface area contributed by atoms with Crippen molar-refractivity contribution in [3.8, 4) is 5.75 Å². The van der Waals surface area contributed by atoms with E-state index in [2.05, 4.69) is 4.74 Å². The number of halogens is 1. The van der Waals surface area contributed by atoms with E-state index in [4.69, 9.17) is 25.9 Å². The maximum Gasteiger partial charge on any atom is 0.408 e. The number of carbonyl (C=O) groups excluding carboxylic acids is 3. The number of Topliss-reactive ketones (excluding diaryl/α,β-unsaturated/α-hetero) is 1. The molecule has 2 aromatic carbocycles. The van der Waals surface area contributed by atoms with E-state index in [1.54, 1.807) is 5.32 Å². The van der Waals surface area contributed by atoms with Gasteiger partial charge in [-0.1, -0.05) is 18.2 Å². The molecule has 0 unspecified atom stereocenters. The fraction of sp³-hybridized carbons (Fsp3) is 0.375. The molecule has 0 aliphatic heterocycles. The van der Waals surface area contributed by atoms with Crippen LogP contribution >= 0.6 is 0 Å². The number of rotatable bonds is 9. The van der Waals surface area contributed by atoms with Gasteiger partial charge in [0.25, 0.3) is 0 Å². The normalized spacial score (nSPS) is 19.7. The Kier molecular flexibility index (Phi) is 4.43. The van der Waals surface area contributed by atoms with Crippen molar-refractivity contribution in [3.63, 3.8) is 0 Å². The highest BCUT2D eigenvalue weighted by molar-refractivity contribution is 5.96. The van der Waals surface area contributed by atoms with Crippen molar-refractivity contribution in [1.82, 2.24) is 5.32 Å².